The van der Waals surface area contributed by atoms with Gasteiger partial charge in [0.15, 0.2) is 0 Å². The van der Waals surface area contributed by atoms with Crippen molar-refractivity contribution in [3.63, 3.8) is 0 Å². The van der Waals surface area contributed by atoms with Gasteiger partial charge in [0, 0.05) is 12.3 Å². The second-order valence-corrected chi connectivity index (χ2v) is 8.35. The first-order valence-corrected chi connectivity index (χ1v) is 9.85. The fourth-order valence-corrected chi connectivity index (χ4v) is 4.35. The molecule has 5 atom stereocenters. The van der Waals surface area contributed by atoms with Crippen LogP contribution in [0.5, 0.6) is 0 Å². The highest BCUT2D eigenvalue weighted by molar-refractivity contribution is 5.93. The molecule has 0 aliphatic carbocycles. The molecule has 0 radical (unpaired) electrons. The lowest BCUT2D eigenvalue weighted by Crippen LogP contribution is -2.40. The molecule has 1 saturated heterocycles. The van der Waals surface area contributed by atoms with Crippen LogP contribution in [0.1, 0.15) is 41.6 Å². The number of hydrogen-bond donors (Lipinski definition) is 1. The number of methoxy groups -OCH3 is 1. The second-order valence-electron chi connectivity index (χ2n) is 8.35. The van der Waals surface area contributed by atoms with Gasteiger partial charge in [-0.3, -0.25) is 4.90 Å². The summed E-state index contributed by atoms with van der Waals surface area (Å²) in [4.78, 5) is 27.1. The second kappa shape index (κ2) is 8.24. The maximum absolute atomic E-state index is 12.8. The van der Waals surface area contributed by atoms with Crippen LogP contribution in [0, 0.1) is 5.92 Å². The summed E-state index contributed by atoms with van der Waals surface area (Å²) >= 11 is 0. The highest BCUT2D eigenvalue weighted by Gasteiger charge is 2.48. The summed E-state index contributed by atoms with van der Waals surface area (Å²) in [6, 6.07) is 1.21. The molecular weight excluding hydrogens is 386 g/mol. The largest absolute Gasteiger partial charge is 0.465 e. The van der Waals surface area contributed by atoms with E-state index in [4.69, 9.17) is 13.9 Å². The van der Waals surface area contributed by atoms with Gasteiger partial charge in [-0.25, -0.2) is 9.59 Å². The summed E-state index contributed by atoms with van der Waals surface area (Å²) in [5, 5.41) is 11.0. The normalized spacial score (nSPS) is 30.2. The van der Waals surface area contributed by atoms with Crippen molar-refractivity contribution in [3.05, 3.63) is 59.1 Å². The molecule has 1 aromatic rings. The first-order valence-electron chi connectivity index (χ1n) is 9.85. The topological polar surface area (TPSA) is 89.2 Å². The molecule has 0 spiro atoms. The molecule has 3 rings (SSSR count). The van der Waals surface area contributed by atoms with Gasteiger partial charge in [-0.05, 0) is 40.1 Å². The SMILES string of the molecule is C=C(C)C1Cc2oc(cc2C(=O)OC)C(C(=C)C)C2OC(=O)/C(=C\C1O)C2N(C)C. The molecular formula is C23H29NO6. The van der Waals surface area contributed by atoms with E-state index in [0.717, 1.165) is 5.57 Å². The minimum absolute atomic E-state index is 0.236. The molecule has 0 aromatic carbocycles. The van der Waals surface area contributed by atoms with E-state index in [1.54, 1.807) is 19.1 Å². The Morgan fingerprint density at radius 3 is 2.47 bits per heavy atom. The van der Waals surface area contributed by atoms with Crippen molar-refractivity contribution in [1.82, 2.24) is 4.90 Å². The van der Waals surface area contributed by atoms with Crippen molar-refractivity contribution in [3.8, 4) is 0 Å². The molecule has 30 heavy (non-hydrogen) atoms. The van der Waals surface area contributed by atoms with Gasteiger partial charge in [0.2, 0.25) is 0 Å². The number of ether oxygens (including phenoxy) is 2. The number of likely N-dealkylation sites (N-methyl/N-ethyl adjacent to an activating group) is 1. The van der Waals surface area contributed by atoms with Gasteiger partial charge < -0.3 is 19.0 Å². The summed E-state index contributed by atoms with van der Waals surface area (Å²) in [5.41, 5.74) is 2.12. The fourth-order valence-electron chi connectivity index (χ4n) is 4.35. The number of furan rings is 1. The quantitative estimate of drug-likeness (QED) is 0.597. The van der Waals surface area contributed by atoms with Crippen LogP contribution < -0.4 is 0 Å². The van der Waals surface area contributed by atoms with Crippen LogP contribution in [0.3, 0.4) is 0 Å². The Morgan fingerprint density at radius 1 is 1.27 bits per heavy atom. The highest BCUT2D eigenvalue weighted by atomic mass is 16.6. The zero-order valence-electron chi connectivity index (χ0n) is 18.1. The van der Waals surface area contributed by atoms with Crippen LogP contribution >= 0.6 is 0 Å². The van der Waals surface area contributed by atoms with Gasteiger partial charge in [0.25, 0.3) is 0 Å². The smallest absolute Gasteiger partial charge is 0.341 e. The van der Waals surface area contributed by atoms with Crippen LogP contribution in [-0.2, 0) is 20.7 Å². The number of fused-ring (bicyclic) bond motifs is 4. The van der Waals surface area contributed by atoms with E-state index in [0.29, 0.717) is 22.7 Å². The molecule has 7 heteroatoms. The third-order valence-corrected chi connectivity index (χ3v) is 5.87. The standard InChI is InChI=1S/C23H29NO6/c1-11(2)13-9-17-14(22(26)28-7)10-18(29-17)19(12(3)4)21-20(24(5)6)15(8-16(13)25)23(27)30-21/h8,10,13,16,19-21,25H,1,3,9H2,2,4-7H3/b15-8-. The number of nitrogens with zero attached hydrogens (tertiary/aromatic N) is 1. The minimum Gasteiger partial charge on any atom is -0.465 e. The van der Waals surface area contributed by atoms with Crippen LogP contribution in [0.25, 0.3) is 0 Å². The van der Waals surface area contributed by atoms with E-state index < -0.39 is 42.0 Å². The van der Waals surface area contributed by atoms with Crippen molar-refractivity contribution in [2.45, 2.75) is 44.4 Å². The summed E-state index contributed by atoms with van der Waals surface area (Å²) in [7, 11) is 5.00. The molecule has 1 aromatic heterocycles. The molecule has 3 heterocycles. The number of rotatable bonds is 4. The molecule has 0 saturated carbocycles. The van der Waals surface area contributed by atoms with Gasteiger partial charge in [0.05, 0.1) is 30.7 Å². The fraction of sp³-hybridized carbons (Fsp3) is 0.478. The number of aliphatic hydroxyl groups is 1. The van der Waals surface area contributed by atoms with E-state index in [2.05, 4.69) is 13.2 Å². The molecule has 0 amide bonds. The summed E-state index contributed by atoms with van der Waals surface area (Å²) in [6.45, 7) is 11.7. The Bertz CT molecular complexity index is 924. The lowest BCUT2D eigenvalue weighted by atomic mass is 9.84. The van der Waals surface area contributed by atoms with Crippen molar-refractivity contribution >= 4 is 11.9 Å². The minimum atomic E-state index is -1.01. The zero-order valence-corrected chi connectivity index (χ0v) is 18.1. The van der Waals surface area contributed by atoms with Gasteiger partial charge in [-0.2, -0.15) is 0 Å². The molecule has 2 aliphatic rings. The molecule has 5 unspecified atom stereocenters. The van der Waals surface area contributed by atoms with Gasteiger partial charge in [-0.15, -0.1) is 0 Å². The van der Waals surface area contributed by atoms with E-state index in [-0.39, 0.29) is 12.0 Å². The van der Waals surface area contributed by atoms with Gasteiger partial charge in [0.1, 0.15) is 23.2 Å². The van der Waals surface area contributed by atoms with Crippen LogP contribution in [0.4, 0.5) is 0 Å². The molecule has 4 bridgehead atoms. The summed E-state index contributed by atoms with van der Waals surface area (Å²) in [6.07, 6.45) is 0.161. The Hall–Kier alpha value is -2.64. The number of esters is 2. The maximum atomic E-state index is 12.8. The third-order valence-electron chi connectivity index (χ3n) is 5.87. The predicted octanol–water partition coefficient (Wildman–Crippen LogP) is 2.62. The molecule has 2 aliphatic heterocycles. The Morgan fingerprint density at radius 2 is 1.93 bits per heavy atom. The van der Waals surface area contributed by atoms with E-state index in [1.165, 1.54) is 7.11 Å². The molecule has 7 nitrogen and oxygen atoms in total. The van der Waals surface area contributed by atoms with Crippen LogP contribution in [-0.4, -0.2) is 61.4 Å². The van der Waals surface area contributed by atoms with Crippen molar-refractivity contribution in [1.29, 1.82) is 0 Å². The Labute approximate surface area is 176 Å². The van der Waals surface area contributed by atoms with Crippen molar-refractivity contribution in [2.24, 2.45) is 5.92 Å². The Kier molecular flexibility index (Phi) is 6.06. The molecule has 162 valence electrons. The lowest BCUT2D eigenvalue weighted by Gasteiger charge is -2.30. The van der Waals surface area contributed by atoms with Crippen molar-refractivity contribution in [2.75, 3.05) is 21.2 Å². The summed E-state index contributed by atoms with van der Waals surface area (Å²) < 4.78 is 16.8. The summed E-state index contributed by atoms with van der Waals surface area (Å²) in [5.74, 6) is -1.07. The number of hydrogen-bond acceptors (Lipinski definition) is 7. The molecule has 1 N–H and O–H groups in total. The first kappa shape index (κ1) is 22.1. The lowest BCUT2D eigenvalue weighted by molar-refractivity contribution is -0.140. The number of aliphatic hydroxyl groups excluding tert-OH is 1. The zero-order chi connectivity index (χ0) is 22.3. The number of carbonyl (C=O) groups excluding carboxylic acids is 2. The van der Waals surface area contributed by atoms with Crippen LogP contribution in [0.15, 0.2) is 46.4 Å². The van der Waals surface area contributed by atoms with Crippen molar-refractivity contribution < 1.29 is 28.6 Å². The average Bonchev–Trinajstić information content (AvgIpc) is 3.19. The molecule has 1 fully saturated rings. The van der Waals surface area contributed by atoms with E-state index in [9.17, 15) is 14.7 Å². The Balaban J connectivity index is 2.28. The van der Waals surface area contributed by atoms with E-state index >= 15 is 0 Å². The highest BCUT2D eigenvalue weighted by Crippen LogP contribution is 2.41. The van der Waals surface area contributed by atoms with Gasteiger partial charge >= 0.3 is 11.9 Å². The predicted molar refractivity (Wildman–Crippen MR) is 111 cm³/mol. The number of carbonyl (C=O) groups is 2. The first-order chi connectivity index (χ1) is 14.1. The monoisotopic (exact) mass is 415 g/mol. The maximum Gasteiger partial charge on any atom is 0.341 e. The van der Waals surface area contributed by atoms with Crippen LogP contribution in [0.2, 0.25) is 0 Å². The van der Waals surface area contributed by atoms with Gasteiger partial charge in [-0.1, -0.05) is 24.3 Å². The average molecular weight is 415 g/mol. The third kappa shape index (κ3) is 3.75. The van der Waals surface area contributed by atoms with E-state index in [1.807, 2.05) is 25.9 Å².